The van der Waals surface area contributed by atoms with Crippen LogP contribution >= 0.6 is 0 Å². The Morgan fingerprint density at radius 2 is 1.83 bits per heavy atom. The van der Waals surface area contributed by atoms with Crippen molar-refractivity contribution in [2.45, 2.75) is 24.3 Å². The molecule has 29 heavy (non-hydrogen) atoms. The number of nitrogens with zero attached hydrogens (tertiary/aromatic N) is 3. The number of hydrogen-bond donors (Lipinski definition) is 1. The minimum atomic E-state index is -3.66. The quantitative estimate of drug-likeness (QED) is 0.697. The van der Waals surface area contributed by atoms with Crippen molar-refractivity contribution in [1.29, 1.82) is 0 Å². The number of piperidine rings is 1. The van der Waals surface area contributed by atoms with Gasteiger partial charge in [-0.1, -0.05) is 24.3 Å². The molecule has 2 aromatic heterocycles. The molecule has 1 aromatic carbocycles. The molecule has 0 bridgehead atoms. The van der Waals surface area contributed by atoms with E-state index in [9.17, 15) is 13.2 Å². The molecule has 1 aliphatic heterocycles. The Morgan fingerprint density at radius 3 is 2.59 bits per heavy atom. The highest BCUT2D eigenvalue weighted by molar-refractivity contribution is 7.89. The second-order valence-electron chi connectivity index (χ2n) is 7.09. The third-order valence-electron chi connectivity index (χ3n) is 5.23. The van der Waals surface area contributed by atoms with Gasteiger partial charge in [-0.3, -0.25) is 14.8 Å². The number of carbonyl (C=O) groups excluding carboxylic acids is 1. The lowest BCUT2D eigenvalue weighted by Gasteiger charge is -2.30. The molecule has 0 spiro atoms. The first kappa shape index (κ1) is 19.5. The van der Waals surface area contributed by atoms with Crippen LogP contribution in [-0.4, -0.2) is 41.7 Å². The summed E-state index contributed by atoms with van der Waals surface area (Å²) >= 11 is 0. The highest BCUT2D eigenvalue weighted by Gasteiger charge is 2.33. The van der Waals surface area contributed by atoms with Crippen LogP contribution in [0.2, 0.25) is 0 Å². The van der Waals surface area contributed by atoms with Crippen molar-refractivity contribution in [3.8, 4) is 0 Å². The number of benzene rings is 1. The number of hydrogen-bond acceptors (Lipinski definition) is 5. The Hall–Kier alpha value is -2.84. The number of amides is 1. The van der Waals surface area contributed by atoms with Crippen molar-refractivity contribution < 1.29 is 13.2 Å². The zero-order valence-electron chi connectivity index (χ0n) is 15.9. The number of para-hydroxylation sites is 1. The van der Waals surface area contributed by atoms with Gasteiger partial charge in [0.1, 0.15) is 4.90 Å². The van der Waals surface area contributed by atoms with Crippen molar-refractivity contribution in [3.63, 3.8) is 0 Å². The van der Waals surface area contributed by atoms with Gasteiger partial charge in [-0.2, -0.15) is 4.31 Å². The molecule has 3 heterocycles. The van der Waals surface area contributed by atoms with Crippen LogP contribution in [0.1, 0.15) is 18.4 Å². The molecular weight excluding hydrogens is 388 g/mol. The fraction of sp³-hybridized carbons (Fsp3) is 0.286. The average molecular weight is 410 g/mol. The van der Waals surface area contributed by atoms with Crippen LogP contribution < -0.4 is 5.32 Å². The van der Waals surface area contributed by atoms with Gasteiger partial charge in [0.05, 0.1) is 5.52 Å². The van der Waals surface area contributed by atoms with Crippen molar-refractivity contribution in [3.05, 3.63) is 66.6 Å². The van der Waals surface area contributed by atoms with Gasteiger partial charge in [0.2, 0.25) is 15.9 Å². The number of rotatable bonds is 5. The zero-order chi connectivity index (χ0) is 20.3. The van der Waals surface area contributed by atoms with Crippen LogP contribution in [0.15, 0.2) is 66.0 Å². The maximum Gasteiger partial charge on any atom is 0.245 e. The summed E-state index contributed by atoms with van der Waals surface area (Å²) in [6.07, 6.45) is 5.99. The summed E-state index contributed by atoms with van der Waals surface area (Å²) in [6, 6.07) is 12.5. The SMILES string of the molecule is O=C(NCc1cccnc1)C1CCN(S(=O)(=O)c2cccc3cccnc23)CC1. The van der Waals surface area contributed by atoms with E-state index < -0.39 is 10.0 Å². The van der Waals surface area contributed by atoms with Gasteiger partial charge in [-0.15, -0.1) is 0 Å². The second-order valence-corrected chi connectivity index (χ2v) is 9.00. The number of carbonyl (C=O) groups is 1. The van der Waals surface area contributed by atoms with E-state index in [1.54, 1.807) is 36.8 Å². The number of sulfonamides is 1. The summed E-state index contributed by atoms with van der Waals surface area (Å²) in [7, 11) is -3.66. The van der Waals surface area contributed by atoms with E-state index in [2.05, 4.69) is 15.3 Å². The van der Waals surface area contributed by atoms with Crippen LogP contribution in [0.25, 0.3) is 10.9 Å². The molecule has 4 rings (SSSR count). The van der Waals surface area contributed by atoms with Gasteiger partial charge in [0.15, 0.2) is 0 Å². The minimum absolute atomic E-state index is 0.0438. The molecule has 0 radical (unpaired) electrons. The van der Waals surface area contributed by atoms with E-state index in [1.165, 1.54) is 4.31 Å². The molecule has 1 N–H and O–H groups in total. The van der Waals surface area contributed by atoms with Gasteiger partial charge in [0.25, 0.3) is 0 Å². The van der Waals surface area contributed by atoms with Crippen molar-refractivity contribution >= 4 is 26.8 Å². The number of nitrogens with one attached hydrogen (secondary N) is 1. The minimum Gasteiger partial charge on any atom is -0.352 e. The lowest BCUT2D eigenvalue weighted by molar-refractivity contribution is -0.126. The molecule has 0 saturated carbocycles. The predicted octanol–water partition coefficient (Wildman–Crippen LogP) is 2.35. The van der Waals surface area contributed by atoms with Crippen molar-refractivity contribution in [1.82, 2.24) is 19.6 Å². The normalized spacial score (nSPS) is 16.0. The Kier molecular flexibility index (Phi) is 5.55. The van der Waals surface area contributed by atoms with E-state index in [0.29, 0.717) is 38.0 Å². The first-order valence-electron chi connectivity index (χ1n) is 9.56. The Labute approximate surface area is 169 Å². The van der Waals surface area contributed by atoms with E-state index in [4.69, 9.17) is 0 Å². The van der Waals surface area contributed by atoms with Gasteiger partial charge in [-0.25, -0.2) is 8.42 Å². The summed E-state index contributed by atoms with van der Waals surface area (Å²) in [4.78, 5) is 21.0. The summed E-state index contributed by atoms with van der Waals surface area (Å²) in [5, 5.41) is 3.71. The smallest absolute Gasteiger partial charge is 0.245 e. The average Bonchev–Trinajstić information content (AvgIpc) is 2.78. The highest BCUT2D eigenvalue weighted by atomic mass is 32.2. The first-order chi connectivity index (χ1) is 14.1. The van der Waals surface area contributed by atoms with Crippen molar-refractivity contribution in [2.24, 2.45) is 5.92 Å². The third kappa shape index (κ3) is 4.13. The van der Waals surface area contributed by atoms with Crippen LogP contribution in [0.4, 0.5) is 0 Å². The molecule has 1 saturated heterocycles. The largest absolute Gasteiger partial charge is 0.352 e. The maximum atomic E-state index is 13.2. The molecule has 1 aliphatic rings. The van der Waals surface area contributed by atoms with E-state index in [-0.39, 0.29) is 16.7 Å². The number of aromatic nitrogens is 2. The lowest BCUT2D eigenvalue weighted by atomic mass is 9.97. The Bertz CT molecular complexity index is 1110. The van der Waals surface area contributed by atoms with Crippen LogP contribution in [0.3, 0.4) is 0 Å². The summed E-state index contributed by atoms with van der Waals surface area (Å²) in [6.45, 7) is 1.06. The maximum absolute atomic E-state index is 13.2. The number of pyridine rings is 2. The zero-order valence-corrected chi connectivity index (χ0v) is 16.7. The first-order valence-corrected chi connectivity index (χ1v) is 11.0. The van der Waals surface area contributed by atoms with Gasteiger partial charge < -0.3 is 5.32 Å². The van der Waals surface area contributed by atoms with Crippen molar-refractivity contribution in [2.75, 3.05) is 13.1 Å². The van der Waals surface area contributed by atoms with Gasteiger partial charge in [-0.05, 0) is 36.6 Å². The summed E-state index contributed by atoms with van der Waals surface area (Å²) < 4.78 is 27.8. The second kappa shape index (κ2) is 8.26. The highest BCUT2D eigenvalue weighted by Crippen LogP contribution is 2.27. The van der Waals surface area contributed by atoms with Crippen LogP contribution in [0.5, 0.6) is 0 Å². The Balaban J connectivity index is 1.41. The van der Waals surface area contributed by atoms with E-state index >= 15 is 0 Å². The third-order valence-corrected chi connectivity index (χ3v) is 7.16. The lowest BCUT2D eigenvalue weighted by Crippen LogP contribution is -2.42. The van der Waals surface area contributed by atoms with Crippen LogP contribution in [-0.2, 0) is 21.4 Å². The monoisotopic (exact) mass is 410 g/mol. The molecule has 0 aliphatic carbocycles. The van der Waals surface area contributed by atoms with Gasteiger partial charge in [0, 0.05) is 49.5 Å². The molecule has 7 nitrogen and oxygen atoms in total. The van der Waals surface area contributed by atoms with E-state index in [1.807, 2.05) is 24.3 Å². The molecule has 150 valence electrons. The van der Waals surface area contributed by atoms with Crippen LogP contribution in [0, 0.1) is 5.92 Å². The predicted molar refractivity (Wildman–Crippen MR) is 109 cm³/mol. The molecule has 0 unspecified atom stereocenters. The molecule has 1 fully saturated rings. The number of fused-ring (bicyclic) bond motifs is 1. The van der Waals surface area contributed by atoms with Gasteiger partial charge >= 0.3 is 0 Å². The fourth-order valence-corrected chi connectivity index (χ4v) is 5.25. The standard InChI is InChI=1S/C21H22N4O3S/c26-21(24-15-16-4-2-10-22-14-16)18-8-12-25(13-9-18)29(27,28)19-7-1-5-17-6-3-11-23-20(17)19/h1-7,10-11,14,18H,8-9,12-13,15H2,(H,24,26). The topological polar surface area (TPSA) is 92.3 Å². The molecule has 1 amide bonds. The molecule has 3 aromatic rings. The van der Waals surface area contributed by atoms with E-state index in [0.717, 1.165) is 10.9 Å². The molecular formula is C21H22N4O3S. The summed E-state index contributed by atoms with van der Waals surface area (Å²) in [5.41, 5.74) is 1.41. The fourth-order valence-electron chi connectivity index (χ4n) is 3.62. The molecule has 8 heteroatoms. The Morgan fingerprint density at radius 1 is 1.07 bits per heavy atom. The summed E-state index contributed by atoms with van der Waals surface area (Å²) in [5.74, 6) is -0.235. The molecule has 0 atom stereocenters.